The molecule has 0 saturated carbocycles. The van der Waals surface area contributed by atoms with Gasteiger partial charge in [0.15, 0.2) is 0 Å². The van der Waals surface area contributed by atoms with Gasteiger partial charge in [0.25, 0.3) is 5.91 Å². The van der Waals surface area contributed by atoms with E-state index >= 15 is 0 Å². The van der Waals surface area contributed by atoms with E-state index in [0.717, 1.165) is 46.9 Å². The smallest absolute Gasteiger partial charge is 0.257 e. The number of benzene rings is 2. The second-order valence-corrected chi connectivity index (χ2v) is 9.43. The SMILES string of the molecule is C=C/N=C\C(=C/C)c1cc2n(-c3cc(NC(=O)c4cc(N5CCCC5)ccc4Cl)ccc3C)ccn2n1. The monoisotopic (exact) mass is 512 g/mol. The molecule has 0 bridgehead atoms. The lowest BCUT2D eigenvalue weighted by Crippen LogP contribution is -2.19. The van der Waals surface area contributed by atoms with Crippen molar-refractivity contribution in [3.05, 3.63) is 95.6 Å². The zero-order valence-electron chi connectivity index (χ0n) is 21.0. The maximum absolute atomic E-state index is 13.2. The van der Waals surface area contributed by atoms with E-state index in [1.165, 1.54) is 19.0 Å². The van der Waals surface area contributed by atoms with Crippen LogP contribution >= 0.6 is 11.6 Å². The molecular weight excluding hydrogens is 484 g/mol. The highest BCUT2D eigenvalue weighted by atomic mass is 35.5. The number of nitrogens with one attached hydrogen (secondary N) is 1. The predicted octanol–water partition coefficient (Wildman–Crippen LogP) is 6.56. The first-order chi connectivity index (χ1) is 18.0. The van der Waals surface area contributed by atoms with Crippen molar-refractivity contribution in [1.29, 1.82) is 0 Å². The number of carbonyl (C=O) groups is 1. The fourth-order valence-electron chi connectivity index (χ4n) is 4.65. The molecule has 1 fully saturated rings. The van der Waals surface area contributed by atoms with Crippen molar-refractivity contribution in [3.8, 4) is 5.69 Å². The molecule has 0 spiro atoms. The Morgan fingerprint density at radius 3 is 2.70 bits per heavy atom. The summed E-state index contributed by atoms with van der Waals surface area (Å²) in [6, 6.07) is 13.5. The number of aromatic nitrogens is 3. The van der Waals surface area contributed by atoms with Gasteiger partial charge >= 0.3 is 0 Å². The Labute approximate surface area is 221 Å². The van der Waals surface area contributed by atoms with Crippen molar-refractivity contribution < 1.29 is 4.79 Å². The third-order valence-corrected chi connectivity index (χ3v) is 6.97. The third-order valence-electron chi connectivity index (χ3n) is 6.64. The van der Waals surface area contributed by atoms with E-state index < -0.39 is 0 Å². The highest BCUT2D eigenvalue weighted by Gasteiger charge is 2.18. The number of fused-ring (bicyclic) bond motifs is 1. The van der Waals surface area contributed by atoms with Crippen LogP contribution in [-0.4, -0.2) is 39.4 Å². The topological polar surface area (TPSA) is 66.9 Å². The summed E-state index contributed by atoms with van der Waals surface area (Å²) in [6.45, 7) is 9.63. The Hall–Kier alpha value is -4.10. The molecule has 8 heteroatoms. The van der Waals surface area contributed by atoms with E-state index in [1.54, 1.807) is 12.3 Å². The number of amides is 1. The summed E-state index contributed by atoms with van der Waals surface area (Å²) in [6.07, 6.45) is 11.4. The van der Waals surface area contributed by atoms with Crippen LogP contribution in [0.25, 0.3) is 16.9 Å². The van der Waals surface area contributed by atoms with Gasteiger partial charge in [0, 0.05) is 60.9 Å². The number of carbonyl (C=O) groups excluding carboxylic acids is 1. The van der Waals surface area contributed by atoms with Crippen LogP contribution in [0.3, 0.4) is 0 Å². The fraction of sp³-hybridized carbons (Fsp3) is 0.207. The van der Waals surface area contributed by atoms with Crippen LogP contribution in [0.15, 0.2) is 78.7 Å². The van der Waals surface area contributed by atoms with Gasteiger partial charge in [-0.3, -0.25) is 14.4 Å². The number of aryl methyl sites for hydroxylation is 1. The average Bonchev–Trinajstić information content (AvgIpc) is 3.64. The van der Waals surface area contributed by atoms with Gasteiger partial charge < -0.3 is 10.2 Å². The summed E-state index contributed by atoms with van der Waals surface area (Å²) in [5, 5.41) is 8.16. The molecule has 1 amide bonds. The summed E-state index contributed by atoms with van der Waals surface area (Å²) in [4.78, 5) is 19.7. The lowest BCUT2D eigenvalue weighted by Gasteiger charge is -2.19. The number of halogens is 1. The van der Waals surface area contributed by atoms with Crippen LogP contribution in [0.2, 0.25) is 5.02 Å². The molecule has 2 aromatic carbocycles. The normalized spacial score (nSPS) is 14.1. The first-order valence-electron chi connectivity index (χ1n) is 12.3. The lowest BCUT2D eigenvalue weighted by molar-refractivity contribution is 0.102. The molecule has 1 aliphatic rings. The Bertz CT molecular complexity index is 1540. The Morgan fingerprint density at radius 2 is 1.95 bits per heavy atom. The summed E-state index contributed by atoms with van der Waals surface area (Å²) < 4.78 is 3.88. The predicted molar refractivity (Wildman–Crippen MR) is 152 cm³/mol. The molecule has 3 heterocycles. The zero-order chi connectivity index (χ0) is 25.9. The standard InChI is InChI=1S/C29H29ClN6O/c1-4-21(19-31-5-2)26-18-28-35(14-15-36(28)33-26)27-16-22(9-8-20(27)3)32-29(37)24-17-23(10-11-25(24)30)34-12-6-7-13-34/h4-5,8-11,14-19H,2,6-7,12-13H2,1,3H3,(H,32,37)/b21-4+,31-19-. The second kappa shape index (κ2) is 10.5. The lowest BCUT2D eigenvalue weighted by atomic mass is 10.1. The molecule has 0 aliphatic carbocycles. The number of rotatable bonds is 7. The highest BCUT2D eigenvalue weighted by Crippen LogP contribution is 2.28. The van der Waals surface area contributed by atoms with Crippen molar-refractivity contribution in [2.24, 2.45) is 4.99 Å². The van der Waals surface area contributed by atoms with Crippen molar-refractivity contribution in [2.45, 2.75) is 26.7 Å². The van der Waals surface area contributed by atoms with Gasteiger partial charge in [0.1, 0.15) is 5.65 Å². The molecule has 2 aromatic heterocycles. The minimum Gasteiger partial charge on any atom is -0.372 e. The number of hydrogen-bond donors (Lipinski definition) is 1. The minimum absolute atomic E-state index is 0.232. The van der Waals surface area contributed by atoms with Gasteiger partial charge in [0.2, 0.25) is 0 Å². The number of nitrogens with zero attached hydrogens (tertiary/aromatic N) is 5. The summed E-state index contributed by atoms with van der Waals surface area (Å²) in [5.74, 6) is -0.232. The number of anilines is 2. The van der Waals surface area contributed by atoms with Crippen LogP contribution in [0.5, 0.6) is 0 Å². The Morgan fingerprint density at radius 1 is 1.14 bits per heavy atom. The van der Waals surface area contributed by atoms with E-state index in [2.05, 4.69) is 31.5 Å². The molecule has 4 aromatic rings. The first kappa shape index (κ1) is 24.6. The van der Waals surface area contributed by atoms with E-state index in [-0.39, 0.29) is 5.91 Å². The molecule has 1 aliphatic heterocycles. The Balaban J connectivity index is 1.44. The quantitative estimate of drug-likeness (QED) is 0.285. The maximum atomic E-state index is 13.2. The number of allylic oxidation sites excluding steroid dienone is 2. The zero-order valence-corrected chi connectivity index (χ0v) is 21.7. The fourth-order valence-corrected chi connectivity index (χ4v) is 4.85. The Kier molecular flexibility index (Phi) is 6.97. The minimum atomic E-state index is -0.232. The molecule has 0 unspecified atom stereocenters. The summed E-state index contributed by atoms with van der Waals surface area (Å²) >= 11 is 6.43. The second-order valence-electron chi connectivity index (χ2n) is 9.02. The largest absolute Gasteiger partial charge is 0.372 e. The van der Waals surface area contributed by atoms with E-state index in [0.29, 0.717) is 16.3 Å². The van der Waals surface area contributed by atoms with Gasteiger partial charge in [-0.2, -0.15) is 5.10 Å². The molecule has 0 radical (unpaired) electrons. The van der Waals surface area contributed by atoms with Gasteiger partial charge in [-0.15, -0.1) is 0 Å². The number of imidazole rings is 1. The van der Waals surface area contributed by atoms with Gasteiger partial charge in [-0.1, -0.05) is 30.3 Å². The van der Waals surface area contributed by atoms with Crippen molar-refractivity contribution in [3.63, 3.8) is 0 Å². The van der Waals surface area contributed by atoms with Gasteiger partial charge in [-0.05, 0) is 62.6 Å². The molecule has 7 nitrogen and oxygen atoms in total. The van der Waals surface area contributed by atoms with E-state index in [4.69, 9.17) is 11.6 Å². The van der Waals surface area contributed by atoms with E-state index in [9.17, 15) is 4.79 Å². The molecule has 0 atom stereocenters. The maximum Gasteiger partial charge on any atom is 0.257 e. The molecule has 1 N–H and O–H groups in total. The number of aliphatic imine (C=N–C) groups is 1. The molecular formula is C29H29ClN6O. The van der Waals surface area contributed by atoms with Gasteiger partial charge in [0.05, 0.1) is 22.0 Å². The summed E-state index contributed by atoms with van der Waals surface area (Å²) in [7, 11) is 0. The molecule has 188 valence electrons. The van der Waals surface area contributed by atoms with Crippen molar-refractivity contribution in [2.75, 3.05) is 23.3 Å². The van der Waals surface area contributed by atoms with E-state index in [1.807, 2.05) is 73.2 Å². The third kappa shape index (κ3) is 4.95. The average molecular weight is 513 g/mol. The summed E-state index contributed by atoms with van der Waals surface area (Å²) in [5.41, 5.74) is 6.80. The van der Waals surface area contributed by atoms with Crippen LogP contribution in [0.4, 0.5) is 11.4 Å². The van der Waals surface area contributed by atoms with Crippen LogP contribution in [0, 0.1) is 6.92 Å². The van der Waals surface area contributed by atoms with Crippen LogP contribution in [0.1, 0.15) is 41.4 Å². The molecule has 37 heavy (non-hydrogen) atoms. The van der Waals surface area contributed by atoms with Crippen molar-refractivity contribution in [1.82, 2.24) is 14.2 Å². The molecule has 1 saturated heterocycles. The first-order valence-corrected chi connectivity index (χ1v) is 12.7. The number of hydrogen-bond acceptors (Lipinski definition) is 4. The van der Waals surface area contributed by atoms with Crippen LogP contribution < -0.4 is 10.2 Å². The van der Waals surface area contributed by atoms with Gasteiger partial charge in [-0.25, -0.2) is 4.52 Å². The highest BCUT2D eigenvalue weighted by molar-refractivity contribution is 6.34. The van der Waals surface area contributed by atoms with Crippen LogP contribution in [-0.2, 0) is 0 Å². The molecule has 5 rings (SSSR count). The van der Waals surface area contributed by atoms with Crippen molar-refractivity contribution >= 4 is 46.3 Å².